The van der Waals surface area contributed by atoms with Crippen LogP contribution in [0.5, 0.6) is 0 Å². The summed E-state index contributed by atoms with van der Waals surface area (Å²) < 4.78 is 1.77. The Morgan fingerprint density at radius 3 is 2.67 bits per heavy atom. The van der Waals surface area contributed by atoms with Crippen LogP contribution in [-0.2, 0) is 0 Å². The molecule has 1 aromatic carbocycles. The normalized spacial score (nSPS) is 12.5. The number of hydrogen-bond donors (Lipinski definition) is 1. The average molecular weight is 256 g/mol. The third-order valence-corrected chi connectivity index (χ3v) is 3.68. The average Bonchev–Trinajstić information content (AvgIpc) is 3.10. The van der Waals surface area contributed by atoms with Gasteiger partial charge in [-0.2, -0.15) is 5.10 Å². The molecule has 4 heteroatoms. The lowest BCUT2D eigenvalue weighted by atomic mass is 10.2. The molecule has 0 aliphatic heterocycles. The maximum Gasteiger partial charge on any atom is 0.116 e. The molecule has 0 saturated carbocycles. The number of rotatable bonds is 3. The van der Waals surface area contributed by atoms with Gasteiger partial charge in [-0.25, -0.2) is 4.68 Å². The third kappa shape index (κ3) is 2.08. The van der Waals surface area contributed by atoms with E-state index in [4.69, 9.17) is 0 Å². The molecule has 0 aliphatic rings. The molecule has 0 aliphatic carbocycles. The van der Waals surface area contributed by atoms with Crippen molar-refractivity contribution in [3.05, 3.63) is 70.7 Å². The summed E-state index contributed by atoms with van der Waals surface area (Å²) in [5.74, 6) is 0. The van der Waals surface area contributed by atoms with Gasteiger partial charge in [-0.05, 0) is 23.6 Å². The Balaban J connectivity index is 1.90. The molecular formula is C14H12N2OS. The van der Waals surface area contributed by atoms with Crippen molar-refractivity contribution in [1.82, 2.24) is 9.78 Å². The summed E-state index contributed by atoms with van der Waals surface area (Å²) in [7, 11) is 0. The van der Waals surface area contributed by atoms with E-state index in [1.807, 2.05) is 54.0 Å². The molecule has 1 N–H and O–H groups in total. The minimum atomic E-state index is -0.595. The van der Waals surface area contributed by atoms with Gasteiger partial charge in [0.2, 0.25) is 0 Å². The first-order chi connectivity index (χ1) is 8.84. The van der Waals surface area contributed by atoms with Crippen molar-refractivity contribution in [1.29, 1.82) is 0 Å². The number of aromatic nitrogens is 2. The number of aliphatic hydroxyl groups excluding tert-OH is 1. The van der Waals surface area contributed by atoms with Crippen LogP contribution in [0.15, 0.2) is 60.2 Å². The van der Waals surface area contributed by atoms with Crippen LogP contribution < -0.4 is 0 Å². The molecule has 2 aromatic heterocycles. The van der Waals surface area contributed by atoms with Gasteiger partial charge in [0, 0.05) is 16.6 Å². The van der Waals surface area contributed by atoms with Gasteiger partial charge in [0.15, 0.2) is 0 Å². The first-order valence-electron chi connectivity index (χ1n) is 5.66. The number of hydrogen-bond acceptors (Lipinski definition) is 3. The Kier molecular flexibility index (Phi) is 2.96. The van der Waals surface area contributed by atoms with E-state index in [-0.39, 0.29) is 0 Å². The van der Waals surface area contributed by atoms with Crippen molar-refractivity contribution in [2.75, 3.05) is 0 Å². The number of thiophene rings is 1. The molecule has 1 unspecified atom stereocenters. The summed E-state index contributed by atoms with van der Waals surface area (Å²) in [5, 5.41) is 16.4. The van der Waals surface area contributed by atoms with Gasteiger partial charge in [0.25, 0.3) is 0 Å². The fourth-order valence-electron chi connectivity index (χ4n) is 1.81. The van der Waals surface area contributed by atoms with E-state index < -0.39 is 6.10 Å². The predicted octanol–water partition coefficient (Wildman–Crippen LogP) is 3.02. The summed E-state index contributed by atoms with van der Waals surface area (Å²) >= 11 is 1.54. The van der Waals surface area contributed by atoms with Crippen LogP contribution in [0.1, 0.15) is 16.5 Å². The van der Waals surface area contributed by atoms with Crippen LogP contribution in [0.4, 0.5) is 0 Å². The highest BCUT2D eigenvalue weighted by molar-refractivity contribution is 7.10. The predicted molar refractivity (Wildman–Crippen MR) is 71.9 cm³/mol. The minimum absolute atomic E-state index is 0.595. The van der Waals surface area contributed by atoms with Gasteiger partial charge in [-0.15, -0.1) is 11.3 Å². The second-order valence-electron chi connectivity index (χ2n) is 3.97. The highest BCUT2D eigenvalue weighted by atomic mass is 32.1. The second kappa shape index (κ2) is 4.76. The third-order valence-electron chi connectivity index (χ3n) is 2.75. The van der Waals surface area contributed by atoms with Crippen molar-refractivity contribution >= 4 is 11.3 Å². The zero-order chi connectivity index (χ0) is 12.4. The van der Waals surface area contributed by atoms with Crippen molar-refractivity contribution < 1.29 is 5.11 Å². The number of benzene rings is 1. The molecular weight excluding hydrogens is 244 g/mol. The second-order valence-corrected chi connectivity index (χ2v) is 4.95. The van der Waals surface area contributed by atoms with Gasteiger partial charge in [-0.3, -0.25) is 0 Å². The van der Waals surface area contributed by atoms with Gasteiger partial charge >= 0.3 is 0 Å². The van der Waals surface area contributed by atoms with E-state index >= 15 is 0 Å². The largest absolute Gasteiger partial charge is 0.383 e. The van der Waals surface area contributed by atoms with E-state index in [2.05, 4.69) is 5.10 Å². The van der Waals surface area contributed by atoms with E-state index in [9.17, 15) is 5.11 Å². The van der Waals surface area contributed by atoms with Gasteiger partial charge in [-0.1, -0.05) is 24.3 Å². The maximum atomic E-state index is 10.2. The highest BCUT2D eigenvalue weighted by Crippen LogP contribution is 2.25. The lowest BCUT2D eigenvalue weighted by Gasteiger charge is -2.04. The molecule has 0 radical (unpaired) electrons. The maximum absolute atomic E-state index is 10.2. The number of aliphatic hydroxyl groups is 1. The molecule has 2 heterocycles. The van der Waals surface area contributed by atoms with Crippen LogP contribution in [0.3, 0.4) is 0 Å². The summed E-state index contributed by atoms with van der Waals surface area (Å²) in [6.45, 7) is 0. The summed E-state index contributed by atoms with van der Waals surface area (Å²) in [4.78, 5) is 0.933. The smallest absolute Gasteiger partial charge is 0.116 e. The molecule has 0 bridgehead atoms. The minimum Gasteiger partial charge on any atom is -0.383 e. The zero-order valence-corrected chi connectivity index (χ0v) is 10.4. The number of para-hydroxylation sites is 1. The van der Waals surface area contributed by atoms with Crippen LogP contribution in [0.25, 0.3) is 5.69 Å². The first-order valence-corrected chi connectivity index (χ1v) is 6.54. The van der Waals surface area contributed by atoms with E-state index in [0.29, 0.717) is 0 Å². The van der Waals surface area contributed by atoms with Crippen molar-refractivity contribution in [2.45, 2.75) is 6.10 Å². The van der Waals surface area contributed by atoms with E-state index in [0.717, 1.165) is 16.1 Å². The van der Waals surface area contributed by atoms with E-state index in [1.165, 1.54) is 0 Å². The lowest BCUT2D eigenvalue weighted by Crippen LogP contribution is -1.96. The molecule has 18 heavy (non-hydrogen) atoms. The summed E-state index contributed by atoms with van der Waals surface area (Å²) in [5.41, 5.74) is 1.79. The molecule has 3 aromatic rings. The van der Waals surface area contributed by atoms with Gasteiger partial charge in [0.1, 0.15) is 6.10 Å². The van der Waals surface area contributed by atoms with Crippen LogP contribution >= 0.6 is 11.3 Å². The Morgan fingerprint density at radius 2 is 1.94 bits per heavy atom. The topological polar surface area (TPSA) is 38.1 Å². The van der Waals surface area contributed by atoms with Crippen LogP contribution in [0, 0.1) is 0 Å². The highest BCUT2D eigenvalue weighted by Gasteiger charge is 2.13. The summed E-state index contributed by atoms with van der Waals surface area (Å²) in [6, 6.07) is 13.7. The first kappa shape index (κ1) is 11.2. The Labute approximate surface area is 109 Å². The van der Waals surface area contributed by atoms with Crippen LogP contribution in [0.2, 0.25) is 0 Å². The molecule has 3 rings (SSSR count). The fraction of sp³-hybridized carbons (Fsp3) is 0.0714. The number of nitrogens with zero attached hydrogens (tertiary/aromatic N) is 2. The monoisotopic (exact) mass is 256 g/mol. The molecule has 1 atom stereocenters. The lowest BCUT2D eigenvalue weighted by molar-refractivity contribution is 0.224. The SMILES string of the molecule is OC(c1cnn(-c2ccccc2)c1)c1cccs1. The van der Waals surface area contributed by atoms with Crippen LogP contribution in [-0.4, -0.2) is 14.9 Å². The molecule has 3 nitrogen and oxygen atoms in total. The van der Waals surface area contributed by atoms with Crippen molar-refractivity contribution in [2.24, 2.45) is 0 Å². The van der Waals surface area contributed by atoms with Gasteiger partial charge in [0.05, 0.1) is 11.9 Å². The van der Waals surface area contributed by atoms with E-state index in [1.54, 1.807) is 22.2 Å². The molecule has 0 fully saturated rings. The molecule has 0 spiro atoms. The van der Waals surface area contributed by atoms with Crippen molar-refractivity contribution in [3.63, 3.8) is 0 Å². The quantitative estimate of drug-likeness (QED) is 0.782. The Hall–Kier alpha value is -1.91. The van der Waals surface area contributed by atoms with Crippen molar-refractivity contribution in [3.8, 4) is 5.69 Å². The Morgan fingerprint density at radius 1 is 1.11 bits per heavy atom. The summed E-state index contributed by atoms with van der Waals surface area (Å²) in [6.07, 6.45) is 2.97. The standard InChI is InChI=1S/C14H12N2OS/c17-14(13-7-4-8-18-13)11-9-15-16(10-11)12-5-2-1-3-6-12/h1-10,14,17H. The molecule has 90 valence electrons. The Bertz CT molecular complexity index is 616. The fourth-order valence-corrected chi connectivity index (χ4v) is 2.55. The molecule has 0 amide bonds. The molecule has 0 saturated heterocycles. The van der Waals surface area contributed by atoms with Gasteiger partial charge < -0.3 is 5.11 Å². The zero-order valence-electron chi connectivity index (χ0n) is 9.60.